The number of carbonyl (C=O) groups excluding carboxylic acids is 4. The first-order valence-corrected chi connectivity index (χ1v) is 12.4. The Morgan fingerprint density at radius 3 is 2.41 bits per heavy atom. The van der Waals surface area contributed by atoms with Crippen LogP contribution in [-0.2, 0) is 14.4 Å². The summed E-state index contributed by atoms with van der Waals surface area (Å²) in [6.07, 6.45) is 1.30. The standard InChI is InChI=1S/C27H20Cl3N3O6/c1-14-3-5-16(11-20(14)29)31-24(34)13-39-22-8-4-15(10-23(22)38-2)9-18-25(35)32-27(37)33(26(18)36)17-6-7-19(28)21(30)12-17/h3-12H,13H2,1-2H3,(H,31,34)(H,32,35,37)/b18-9-. The van der Waals surface area contributed by atoms with Crippen molar-refractivity contribution in [2.75, 3.05) is 23.9 Å². The van der Waals surface area contributed by atoms with Crippen LogP contribution in [0.5, 0.6) is 11.5 Å². The number of carbonyl (C=O) groups is 4. The number of halogens is 3. The molecule has 1 aliphatic heterocycles. The molecule has 1 heterocycles. The van der Waals surface area contributed by atoms with Gasteiger partial charge in [0.15, 0.2) is 18.1 Å². The number of amides is 5. The van der Waals surface area contributed by atoms with Crippen molar-refractivity contribution in [1.82, 2.24) is 5.32 Å². The predicted octanol–water partition coefficient (Wildman–Crippen LogP) is 5.65. The van der Waals surface area contributed by atoms with E-state index < -0.39 is 23.8 Å². The number of anilines is 2. The maximum absolute atomic E-state index is 13.1. The zero-order valence-corrected chi connectivity index (χ0v) is 22.8. The second-order valence-corrected chi connectivity index (χ2v) is 9.49. The molecular weight excluding hydrogens is 569 g/mol. The summed E-state index contributed by atoms with van der Waals surface area (Å²) in [5.41, 5.74) is 1.65. The molecule has 12 heteroatoms. The fraction of sp³-hybridized carbons (Fsp3) is 0.111. The second-order valence-electron chi connectivity index (χ2n) is 8.27. The van der Waals surface area contributed by atoms with Crippen LogP contribution >= 0.6 is 34.8 Å². The van der Waals surface area contributed by atoms with Crippen molar-refractivity contribution in [1.29, 1.82) is 0 Å². The Balaban J connectivity index is 1.51. The highest BCUT2D eigenvalue weighted by Gasteiger charge is 2.37. The minimum atomic E-state index is -0.923. The molecule has 3 aromatic rings. The van der Waals surface area contributed by atoms with Gasteiger partial charge in [-0.2, -0.15) is 0 Å². The van der Waals surface area contributed by atoms with Gasteiger partial charge in [-0.15, -0.1) is 0 Å². The summed E-state index contributed by atoms with van der Waals surface area (Å²) in [4.78, 5) is 51.2. The first kappa shape index (κ1) is 28.0. The molecule has 39 heavy (non-hydrogen) atoms. The lowest BCUT2D eigenvalue weighted by Crippen LogP contribution is -2.54. The molecule has 200 valence electrons. The van der Waals surface area contributed by atoms with E-state index in [0.717, 1.165) is 10.5 Å². The first-order chi connectivity index (χ1) is 18.6. The average molecular weight is 589 g/mol. The van der Waals surface area contributed by atoms with Crippen molar-refractivity contribution in [3.8, 4) is 11.5 Å². The lowest BCUT2D eigenvalue weighted by atomic mass is 10.1. The molecule has 4 rings (SSSR count). The van der Waals surface area contributed by atoms with E-state index in [1.165, 1.54) is 43.5 Å². The molecule has 5 amide bonds. The number of hydrogen-bond donors (Lipinski definition) is 2. The summed E-state index contributed by atoms with van der Waals surface area (Å²) in [6, 6.07) is 13.0. The van der Waals surface area contributed by atoms with Gasteiger partial charge < -0.3 is 14.8 Å². The Labute approximate surface area is 238 Å². The summed E-state index contributed by atoms with van der Waals surface area (Å²) < 4.78 is 11.0. The zero-order valence-electron chi connectivity index (χ0n) is 20.5. The topological polar surface area (TPSA) is 114 Å². The van der Waals surface area contributed by atoms with Crippen LogP contribution in [-0.4, -0.2) is 37.5 Å². The zero-order chi connectivity index (χ0) is 28.3. The third-order valence-corrected chi connectivity index (χ3v) is 6.72. The summed E-state index contributed by atoms with van der Waals surface area (Å²) >= 11 is 18.1. The number of methoxy groups -OCH3 is 1. The molecule has 0 aromatic heterocycles. The first-order valence-electron chi connectivity index (χ1n) is 11.3. The van der Waals surface area contributed by atoms with E-state index in [1.54, 1.807) is 24.3 Å². The smallest absolute Gasteiger partial charge is 0.335 e. The Bertz CT molecular complexity index is 1540. The predicted molar refractivity (Wildman–Crippen MR) is 149 cm³/mol. The Kier molecular flexibility index (Phi) is 8.44. The molecule has 1 aliphatic rings. The number of aryl methyl sites for hydroxylation is 1. The summed E-state index contributed by atoms with van der Waals surface area (Å²) in [5.74, 6) is -1.64. The van der Waals surface area contributed by atoms with Gasteiger partial charge in [-0.3, -0.25) is 19.7 Å². The number of ether oxygens (including phenoxy) is 2. The van der Waals surface area contributed by atoms with Gasteiger partial charge in [-0.1, -0.05) is 46.9 Å². The summed E-state index contributed by atoms with van der Waals surface area (Å²) in [5, 5.41) is 5.72. The van der Waals surface area contributed by atoms with Crippen molar-refractivity contribution in [2.24, 2.45) is 0 Å². The lowest BCUT2D eigenvalue weighted by molar-refractivity contribution is -0.122. The van der Waals surface area contributed by atoms with Crippen LogP contribution in [0.4, 0.5) is 16.2 Å². The fourth-order valence-corrected chi connectivity index (χ4v) is 4.06. The number of rotatable bonds is 7. The Hall–Kier alpha value is -4.05. The van der Waals surface area contributed by atoms with Crippen LogP contribution < -0.4 is 25.0 Å². The van der Waals surface area contributed by atoms with Crippen molar-refractivity contribution in [3.05, 3.63) is 86.4 Å². The number of nitrogens with zero attached hydrogens (tertiary/aromatic N) is 1. The minimum absolute atomic E-state index is 0.133. The van der Waals surface area contributed by atoms with Crippen LogP contribution in [0.15, 0.2) is 60.2 Å². The third-order valence-electron chi connectivity index (χ3n) is 5.58. The number of hydrogen-bond acceptors (Lipinski definition) is 6. The molecule has 0 aliphatic carbocycles. The highest BCUT2D eigenvalue weighted by Crippen LogP contribution is 2.31. The normalized spacial score (nSPS) is 14.3. The maximum atomic E-state index is 13.1. The SMILES string of the molecule is COc1cc(/C=C2/C(=O)NC(=O)N(c3ccc(Cl)c(Cl)c3)C2=O)ccc1OCC(=O)Nc1ccc(C)c(Cl)c1. The van der Waals surface area contributed by atoms with E-state index in [-0.39, 0.29) is 39.4 Å². The maximum Gasteiger partial charge on any atom is 0.335 e. The van der Waals surface area contributed by atoms with E-state index >= 15 is 0 Å². The van der Waals surface area contributed by atoms with E-state index in [2.05, 4.69) is 10.6 Å². The monoisotopic (exact) mass is 587 g/mol. The molecule has 0 atom stereocenters. The summed E-state index contributed by atoms with van der Waals surface area (Å²) in [6.45, 7) is 1.54. The van der Waals surface area contributed by atoms with Gasteiger partial charge in [0.2, 0.25) is 0 Å². The van der Waals surface area contributed by atoms with Gasteiger partial charge in [0, 0.05) is 10.7 Å². The van der Waals surface area contributed by atoms with Crippen molar-refractivity contribution >= 4 is 76.0 Å². The number of urea groups is 1. The Morgan fingerprint density at radius 2 is 1.72 bits per heavy atom. The van der Waals surface area contributed by atoms with E-state index in [0.29, 0.717) is 16.3 Å². The lowest BCUT2D eigenvalue weighted by Gasteiger charge is -2.26. The average Bonchev–Trinajstić information content (AvgIpc) is 2.89. The Morgan fingerprint density at radius 1 is 0.949 bits per heavy atom. The molecule has 0 spiro atoms. The third kappa shape index (κ3) is 6.34. The van der Waals surface area contributed by atoms with E-state index in [4.69, 9.17) is 44.3 Å². The van der Waals surface area contributed by atoms with E-state index in [9.17, 15) is 19.2 Å². The molecule has 9 nitrogen and oxygen atoms in total. The van der Waals surface area contributed by atoms with Crippen LogP contribution in [0.2, 0.25) is 15.1 Å². The molecule has 3 aromatic carbocycles. The van der Waals surface area contributed by atoms with Crippen LogP contribution in [0.1, 0.15) is 11.1 Å². The molecule has 1 saturated heterocycles. The highest BCUT2D eigenvalue weighted by molar-refractivity contribution is 6.43. The molecular formula is C27H20Cl3N3O6. The van der Waals surface area contributed by atoms with E-state index in [1.807, 2.05) is 6.92 Å². The quantitative estimate of drug-likeness (QED) is 0.272. The van der Waals surface area contributed by atoms with Gasteiger partial charge in [-0.05, 0) is 66.6 Å². The number of imide groups is 2. The summed E-state index contributed by atoms with van der Waals surface area (Å²) in [7, 11) is 1.40. The number of nitrogens with one attached hydrogen (secondary N) is 2. The number of benzene rings is 3. The molecule has 0 bridgehead atoms. The highest BCUT2D eigenvalue weighted by atomic mass is 35.5. The second kappa shape index (κ2) is 11.8. The van der Waals surface area contributed by atoms with Crippen LogP contribution in [0.25, 0.3) is 6.08 Å². The van der Waals surface area contributed by atoms with Crippen molar-refractivity contribution in [3.63, 3.8) is 0 Å². The molecule has 0 saturated carbocycles. The largest absolute Gasteiger partial charge is 0.493 e. The fourth-order valence-electron chi connectivity index (χ4n) is 3.59. The van der Waals surface area contributed by atoms with Gasteiger partial charge in [0.25, 0.3) is 17.7 Å². The van der Waals surface area contributed by atoms with Crippen molar-refractivity contribution in [2.45, 2.75) is 6.92 Å². The van der Waals surface area contributed by atoms with Crippen molar-refractivity contribution < 1.29 is 28.7 Å². The molecule has 0 unspecified atom stereocenters. The van der Waals surface area contributed by atoms with Crippen LogP contribution in [0, 0.1) is 6.92 Å². The molecule has 1 fully saturated rings. The number of barbiturate groups is 1. The van der Waals surface area contributed by atoms with Crippen LogP contribution in [0.3, 0.4) is 0 Å². The molecule has 2 N–H and O–H groups in total. The molecule has 0 radical (unpaired) electrons. The van der Waals surface area contributed by atoms with Gasteiger partial charge in [0.1, 0.15) is 5.57 Å². The van der Waals surface area contributed by atoms with Gasteiger partial charge in [-0.25, -0.2) is 9.69 Å². The van der Waals surface area contributed by atoms with Gasteiger partial charge >= 0.3 is 6.03 Å². The van der Waals surface area contributed by atoms with Gasteiger partial charge in [0.05, 0.1) is 22.8 Å². The minimum Gasteiger partial charge on any atom is -0.493 e.